The number of hydrogen-bond acceptors (Lipinski definition) is 6. The number of nitrogens with zero attached hydrogens (tertiary/aromatic N) is 3. The molecule has 4 nitrogen and oxygen atoms in total. The van der Waals surface area contributed by atoms with Crippen LogP contribution in [0, 0.1) is 5.82 Å². The van der Waals surface area contributed by atoms with Gasteiger partial charge >= 0.3 is 0 Å². The van der Waals surface area contributed by atoms with Gasteiger partial charge in [0.15, 0.2) is 0 Å². The smallest absolute Gasteiger partial charge is 0.277 e. The van der Waals surface area contributed by atoms with Gasteiger partial charge in [-0.3, -0.25) is 0 Å². The predicted octanol–water partition coefficient (Wildman–Crippen LogP) is 6.41. The Balaban J connectivity index is 1.42. The van der Waals surface area contributed by atoms with Crippen LogP contribution in [0.5, 0.6) is 0 Å². The standard InChI is InChI=1S/C21H18FN3OS2/c1-13(2)14-7-9-15(10-8-14)20-23-16(11-27-20)12-28-21-25-24-19(26-21)17-5-3-4-6-18(17)22/h3-11,13H,12H2,1-2H3. The zero-order valence-electron chi connectivity index (χ0n) is 15.4. The average molecular weight is 412 g/mol. The second kappa shape index (κ2) is 8.24. The van der Waals surface area contributed by atoms with Crippen molar-refractivity contribution >= 4 is 23.1 Å². The van der Waals surface area contributed by atoms with Crippen molar-refractivity contribution < 1.29 is 8.81 Å². The molecule has 0 atom stereocenters. The highest BCUT2D eigenvalue weighted by atomic mass is 32.2. The molecule has 2 aromatic carbocycles. The topological polar surface area (TPSA) is 51.8 Å². The van der Waals surface area contributed by atoms with Crippen LogP contribution in [0.2, 0.25) is 0 Å². The third kappa shape index (κ3) is 4.15. The van der Waals surface area contributed by atoms with E-state index in [0.717, 1.165) is 16.3 Å². The maximum Gasteiger partial charge on any atom is 0.277 e. The summed E-state index contributed by atoms with van der Waals surface area (Å²) in [5, 5.41) is 11.4. The van der Waals surface area contributed by atoms with Crippen molar-refractivity contribution in [2.24, 2.45) is 0 Å². The molecule has 0 unspecified atom stereocenters. The van der Waals surface area contributed by atoms with Gasteiger partial charge in [0, 0.05) is 16.7 Å². The van der Waals surface area contributed by atoms with E-state index in [1.165, 1.54) is 23.4 Å². The van der Waals surface area contributed by atoms with Crippen molar-refractivity contribution in [3.8, 4) is 22.0 Å². The summed E-state index contributed by atoms with van der Waals surface area (Å²) in [6, 6.07) is 14.9. The molecule has 0 bridgehead atoms. The third-order valence-corrected chi connectivity index (χ3v) is 6.02. The lowest BCUT2D eigenvalue weighted by Crippen LogP contribution is -1.87. The Kier molecular flexibility index (Phi) is 5.54. The molecule has 0 radical (unpaired) electrons. The van der Waals surface area contributed by atoms with Crippen molar-refractivity contribution in [1.82, 2.24) is 15.2 Å². The normalized spacial score (nSPS) is 11.3. The van der Waals surface area contributed by atoms with E-state index in [1.54, 1.807) is 29.5 Å². The Morgan fingerprint density at radius 2 is 1.86 bits per heavy atom. The lowest BCUT2D eigenvalue weighted by molar-refractivity contribution is 0.462. The first-order valence-corrected chi connectivity index (χ1v) is 10.7. The molecule has 0 saturated heterocycles. The molecule has 0 N–H and O–H groups in total. The minimum Gasteiger partial charge on any atom is -0.411 e. The van der Waals surface area contributed by atoms with Crippen LogP contribution in [-0.2, 0) is 5.75 Å². The fraction of sp³-hybridized carbons (Fsp3) is 0.190. The van der Waals surface area contributed by atoms with Crippen molar-refractivity contribution in [1.29, 1.82) is 0 Å². The van der Waals surface area contributed by atoms with Crippen LogP contribution >= 0.6 is 23.1 Å². The number of rotatable bonds is 6. The molecule has 2 heterocycles. The largest absolute Gasteiger partial charge is 0.411 e. The van der Waals surface area contributed by atoms with E-state index >= 15 is 0 Å². The number of halogens is 1. The van der Waals surface area contributed by atoms with Crippen LogP contribution in [0.25, 0.3) is 22.0 Å². The van der Waals surface area contributed by atoms with Gasteiger partial charge in [-0.15, -0.1) is 21.5 Å². The number of thioether (sulfide) groups is 1. The Bertz CT molecular complexity index is 1070. The molecule has 0 aliphatic rings. The van der Waals surface area contributed by atoms with Crippen LogP contribution in [0.1, 0.15) is 31.0 Å². The Morgan fingerprint density at radius 3 is 2.61 bits per heavy atom. The van der Waals surface area contributed by atoms with Crippen LogP contribution < -0.4 is 0 Å². The van der Waals surface area contributed by atoms with Crippen LogP contribution in [0.15, 0.2) is 63.6 Å². The minimum atomic E-state index is -0.379. The average Bonchev–Trinajstić information content (AvgIpc) is 3.36. The summed E-state index contributed by atoms with van der Waals surface area (Å²) in [5.41, 5.74) is 3.69. The molecule has 0 aliphatic carbocycles. The molecular weight excluding hydrogens is 393 g/mol. The maximum absolute atomic E-state index is 13.8. The van der Waals surface area contributed by atoms with Gasteiger partial charge in [-0.1, -0.05) is 62.0 Å². The van der Waals surface area contributed by atoms with Crippen molar-refractivity contribution in [3.05, 3.63) is 71.0 Å². The van der Waals surface area contributed by atoms with E-state index in [2.05, 4.69) is 48.3 Å². The zero-order valence-corrected chi connectivity index (χ0v) is 17.1. The molecular formula is C21H18FN3OS2. The van der Waals surface area contributed by atoms with E-state index in [0.29, 0.717) is 22.5 Å². The molecule has 142 valence electrons. The van der Waals surface area contributed by atoms with Gasteiger partial charge in [0.2, 0.25) is 0 Å². The van der Waals surface area contributed by atoms with Gasteiger partial charge in [0.25, 0.3) is 11.1 Å². The summed E-state index contributed by atoms with van der Waals surface area (Å²) in [4.78, 5) is 4.70. The highest BCUT2D eigenvalue weighted by Gasteiger charge is 2.14. The highest BCUT2D eigenvalue weighted by Crippen LogP contribution is 2.30. The SMILES string of the molecule is CC(C)c1ccc(-c2nc(CSc3nnc(-c4ccccc4F)o3)cs2)cc1. The van der Waals surface area contributed by atoms with Gasteiger partial charge in [0.1, 0.15) is 10.8 Å². The van der Waals surface area contributed by atoms with Crippen molar-refractivity contribution in [2.45, 2.75) is 30.7 Å². The summed E-state index contributed by atoms with van der Waals surface area (Å²) < 4.78 is 19.4. The molecule has 0 saturated carbocycles. The lowest BCUT2D eigenvalue weighted by atomic mass is 10.0. The fourth-order valence-electron chi connectivity index (χ4n) is 2.66. The van der Waals surface area contributed by atoms with Crippen LogP contribution in [0.3, 0.4) is 0 Å². The molecule has 0 spiro atoms. The lowest BCUT2D eigenvalue weighted by Gasteiger charge is -2.05. The quantitative estimate of drug-likeness (QED) is 0.343. The Morgan fingerprint density at radius 1 is 1.07 bits per heavy atom. The van der Waals surface area contributed by atoms with E-state index in [9.17, 15) is 4.39 Å². The molecule has 0 aliphatic heterocycles. The fourth-order valence-corrected chi connectivity index (χ4v) is 4.25. The van der Waals surface area contributed by atoms with E-state index < -0.39 is 0 Å². The second-order valence-corrected chi connectivity index (χ2v) is 8.35. The van der Waals surface area contributed by atoms with Crippen LogP contribution in [0.4, 0.5) is 4.39 Å². The van der Waals surface area contributed by atoms with Gasteiger partial charge in [0.05, 0.1) is 11.3 Å². The third-order valence-electron chi connectivity index (χ3n) is 4.23. The van der Waals surface area contributed by atoms with E-state index in [4.69, 9.17) is 9.40 Å². The van der Waals surface area contributed by atoms with Gasteiger partial charge < -0.3 is 4.42 Å². The van der Waals surface area contributed by atoms with E-state index in [1.807, 2.05) is 5.38 Å². The van der Waals surface area contributed by atoms with Gasteiger partial charge in [-0.25, -0.2) is 9.37 Å². The van der Waals surface area contributed by atoms with Gasteiger partial charge in [-0.05, 0) is 23.6 Å². The summed E-state index contributed by atoms with van der Waals surface area (Å²) in [7, 11) is 0. The second-order valence-electron chi connectivity index (χ2n) is 6.56. The maximum atomic E-state index is 13.8. The summed E-state index contributed by atoms with van der Waals surface area (Å²) in [6.45, 7) is 4.37. The summed E-state index contributed by atoms with van der Waals surface area (Å²) >= 11 is 3.01. The van der Waals surface area contributed by atoms with Crippen LogP contribution in [-0.4, -0.2) is 15.2 Å². The first-order valence-electron chi connectivity index (χ1n) is 8.86. The molecule has 0 amide bonds. The van der Waals surface area contributed by atoms with Crippen molar-refractivity contribution in [2.75, 3.05) is 0 Å². The highest BCUT2D eigenvalue weighted by molar-refractivity contribution is 7.98. The summed E-state index contributed by atoms with van der Waals surface area (Å²) in [6.07, 6.45) is 0. The first-order chi connectivity index (χ1) is 13.6. The molecule has 28 heavy (non-hydrogen) atoms. The Labute approximate surface area is 170 Å². The monoisotopic (exact) mass is 411 g/mol. The number of benzene rings is 2. The molecule has 4 rings (SSSR count). The predicted molar refractivity (Wildman–Crippen MR) is 111 cm³/mol. The van der Waals surface area contributed by atoms with Gasteiger partial charge in [-0.2, -0.15) is 0 Å². The number of aromatic nitrogens is 3. The summed E-state index contributed by atoms with van der Waals surface area (Å²) in [5.74, 6) is 0.931. The minimum absolute atomic E-state index is 0.185. The van der Waals surface area contributed by atoms with Crippen molar-refractivity contribution in [3.63, 3.8) is 0 Å². The van der Waals surface area contributed by atoms with E-state index in [-0.39, 0.29) is 11.7 Å². The first kappa shape index (κ1) is 18.8. The molecule has 7 heteroatoms. The molecule has 0 fully saturated rings. The molecule has 4 aromatic rings. The Hall–Kier alpha value is -2.51. The zero-order chi connectivity index (χ0) is 19.5. The number of hydrogen-bond donors (Lipinski definition) is 0. The number of thiazole rings is 1. The molecule has 2 aromatic heterocycles.